The van der Waals surface area contributed by atoms with Crippen LogP contribution in [0.4, 0.5) is 0 Å². The van der Waals surface area contributed by atoms with Crippen LogP contribution in [0.5, 0.6) is 0 Å². The van der Waals surface area contributed by atoms with E-state index in [4.69, 9.17) is 0 Å². The summed E-state index contributed by atoms with van der Waals surface area (Å²) in [5.74, 6) is 0. The van der Waals surface area contributed by atoms with Crippen LogP contribution in [0, 0.1) is 0 Å². The number of hydrogen-bond donors (Lipinski definition) is 0. The molecule has 45 heavy (non-hydrogen) atoms. The first-order valence-electron chi connectivity index (χ1n) is 16.7. The summed E-state index contributed by atoms with van der Waals surface area (Å²) < 4.78 is 6.65. The molecule has 0 bridgehead atoms. The second kappa shape index (κ2) is 11.8. The van der Waals surface area contributed by atoms with Crippen LogP contribution < -0.4 is 5.19 Å². The van der Waals surface area contributed by atoms with Gasteiger partial charge in [0.1, 0.15) is 0 Å². The van der Waals surface area contributed by atoms with Crippen LogP contribution in [0.1, 0.15) is 54.6 Å². The van der Waals surface area contributed by atoms with E-state index in [2.05, 4.69) is 169 Å². The molecular weight excluding hydrogens is 723 g/mol. The van der Waals surface area contributed by atoms with Crippen molar-refractivity contribution in [3.8, 4) is 22.3 Å². The molecule has 0 amide bonds. The van der Waals surface area contributed by atoms with Crippen molar-refractivity contribution in [2.24, 2.45) is 0 Å². The summed E-state index contributed by atoms with van der Waals surface area (Å²) in [7, 11) is 0. The van der Waals surface area contributed by atoms with Crippen molar-refractivity contribution in [3.63, 3.8) is 0 Å². The van der Waals surface area contributed by atoms with E-state index >= 15 is 0 Å². The summed E-state index contributed by atoms with van der Waals surface area (Å²) in [5.41, 5.74) is 13.5. The van der Waals surface area contributed by atoms with Gasteiger partial charge in [0, 0.05) is 0 Å². The molecule has 2 unspecified atom stereocenters. The fourth-order valence-corrected chi connectivity index (χ4v) is 52.0. The molecule has 0 fully saturated rings. The van der Waals surface area contributed by atoms with Crippen molar-refractivity contribution in [1.29, 1.82) is 0 Å². The molecule has 0 saturated heterocycles. The third kappa shape index (κ3) is 4.79. The Morgan fingerprint density at radius 3 is 1.40 bits per heavy atom. The van der Waals surface area contributed by atoms with E-state index in [1.807, 2.05) is 0 Å². The third-order valence-corrected chi connectivity index (χ3v) is 66.2. The molecule has 0 N–H and O–H groups in total. The van der Waals surface area contributed by atoms with Gasteiger partial charge in [0.2, 0.25) is 0 Å². The molecule has 2 aliphatic rings. The Hall–Kier alpha value is -3.33. The van der Waals surface area contributed by atoms with Crippen LogP contribution in [-0.2, 0) is 30.0 Å². The number of hydrogen-bond acceptors (Lipinski definition) is 0. The Balaban J connectivity index is 1.47. The normalized spacial score (nSPS) is 16.9. The average Bonchev–Trinajstić information content (AvgIpc) is 3.75. The predicted molar refractivity (Wildman–Crippen MR) is 195 cm³/mol. The molecule has 0 radical (unpaired) electrons. The van der Waals surface area contributed by atoms with Gasteiger partial charge in [-0.05, 0) is 0 Å². The van der Waals surface area contributed by atoms with Gasteiger partial charge in [0.15, 0.2) is 0 Å². The number of aryl methyl sites for hydroxylation is 2. The van der Waals surface area contributed by atoms with Crippen LogP contribution >= 0.6 is 0 Å². The van der Waals surface area contributed by atoms with E-state index in [-0.39, 0.29) is 0 Å². The Morgan fingerprint density at radius 2 is 0.933 bits per heavy atom. The first-order valence-corrected chi connectivity index (χ1v) is 35.5. The molecule has 2 aliphatic carbocycles. The van der Waals surface area contributed by atoms with Crippen molar-refractivity contribution in [1.82, 2.24) is 0 Å². The molecule has 0 saturated carbocycles. The number of allylic oxidation sites excluding steroid dienone is 2. The maximum atomic E-state index is 2.84. The quantitative estimate of drug-likeness (QED) is 0.145. The Kier molecular flexibility index (Phi) is 7.95. The maximum absolute atomic E-state index is 4.05. The molecule has 5 aromatic rings. The summed E-state index contributed by atoms with van der Waals surface area (Å²) in [6, 6.07) is 43.9. The Bertz CT molecular complexity index is 1930. The van der Waals surface area contributed by atoms with Crippen LogP contribution in [-0.4, -0.2) is 5.49 Å². The number of benzene rings is 5. The van der Waals surface area contributed by atoms with Gasteiger partial charge in [0.25, 0.3) is 0 Å². The second-order valence-electron chi connectivity index (χ2n) is 13.9. The van der Waals surface area contributed by atoms with Crippen LogP contribution in [0.2, 0.25) is 15.9 Å². The SMILES string of the molecule is CCc1ccccc1-c1cccc2c1C=C[CH]2[Hf]([CH3])([CH3])([CH]1C=Cc2c(-c3ccccc3CC)cccc21)=[Si](C)c1ccccc1. The average molecular weight is 767 g/mol. The van der Waals surface area contributed by atoms with Gasteiger partial charge in [-0.1, -0.05) is 0 Å². The molecule has 0 nitrogen and oxygen atoms in total. The van der Waals surface area contributed by atoms with E-state index in [1.54, 1.807) is 16.3 Å². The van der Waals surface area contributed by atoms with Gasteiger partial charge in [0.05, 0.1) is 0 Å². The topological polar surface area (TPSA) is 0 Å². The summed E-state index contributed by atoms with van der Waals surface area (Å²) in [6.45, 7) is 7.22. The molecule has 2 heteroatoms. The van der Waals surface area contributed by atoms with Gasteiger partial charge < -0.3 is 0 Å². The molecule has 2 atom stereocenters. The van der Waals surface area contributed by atoms with E-state index in [0.717, 1.165) is 12.8 Å². The minimum absolute atomic E-state index is 0.483. The van der Waals surface area contributed by atoms with Crippen LogP contribution in [0.15, 0.2) is 127 Å². The summed E-state index contributed by atoms with van der Waals surface area (Å²) in [5, 5.41) is 1.59. The van der Waals surface area contributed by atoms with Gasteiger partial charge >= 0.3 is 273 Å². The zero-order chi connectivity index (χ0) is 31.2. The van der Waals surface area contributed by atoms with Crippen molar-refractivity contribution in [2.45, 2.75) is 49.9 Å². The first kappa shape index (κ1) is 30.3. The zero-order valence-electron chi connectivity index (χ0n) is 27.3. The molecule has 0 spiro atoms. The standard InChI is InChI=1S/2C17H15.C7H8Si.2CH3.Hf/c2*1-2-13-7-3-4-10-15(13)17-12-6-9-14-8-5-11-16(14)17;1-8-7-5-3-2-4-6-7;;;/h2*3-12H,2H2,1H3;2-6H,1H3;2*1H3;. The van der Waals surface area contributed by atoms with Gasteiger partial charge in [-0.3, -0.25) is 0 Å². The Morgan fingerprint density at radius 1 is 0.511 bits per heavy atom. The number of fused-ring (bicyclic) bond motifs is 2. The first-order chi connectivity index (χ1) is 21.9. The van der Waals surface area contributed by atoms with E-state index < -0.39 is 22.6 Å². The van der Waals surface area contributed by atoms with Gasteiger partial charge in [-0.25, -0.2) is 0 Å². The fraction of sp³-hybridized carbons (Fsp3) is 0.209. The molecule has 224 valence electrons. The monoisotopic (exact) mass is 768 g/mol. The molecule has 7 rings (SSSR count). The van der Waals surface area contributed by atoms with E-state index in [1.165, 1.54) is 44.5 Å². The molecule has 0 heterocycles. The molecule has 5 aromatic carbocycles. The molecule has 0 aromatic heterocycles. The van der Waals surface area contributed by atoms with Crippen molar-refractivity contribution < 1.29 is 17.1 Å². The predicted octanol–water partition coefficient (Wildman–Crippen LogP) is 11.3. The second-order valence-corrected chi connectivity index (χ2v) is 60.0. The van der Waals surface area contributed by atoms with Crippen molar-refractivity contribution in [2.75, 3.05) is 0 Å². The minimum atomic E-state index is -4.05. The van der Waals surface area contributed by atoms with Crippen LogP contribution in [0.25, 0.3) is 34.4 Å². The summed E-state index contributed by atoms with van der Waals surface area (Å²) in [6.07, 6.45) is 12.4. The number of rotatable bonds is 7. The Labute approximate surface area is 271 Å². The van der Waals surface area contributed by atoms with Crippen molar-refractivity contribution >= 4 is 22.8 Å². The molecular formula is C43H44HfSi. The van der Waals surface area contributed by atoms with Gasteiger partial charge in [-0.15, -0.1) is 0 Å². The third-order valence-electron chi connectivity index (χ3n) is 11.5. The van der Waals surface area contributed by atoms with E-state index in [9.17, 15) is 0 Å². The van der Waals surface area contributed by atoms with Gasteiger partial charge in [-0.2, -0.15) is 0 Å². The van der Waals surface area contributed by atoms with Crippen LogP contribution in [0.3, 0.4) is 0 Å². The van der Waals surface area contributed by atoms with Crippen molar-refractivity contribution in [3.05, 3.63) is 161 Å². The summed E-state index contributed by atoms with van der Waals surface area (Å²) >= 11 is -4.05. The summed E-state index contributed by atoms with van der Waals surface area (Å²) in [4.78, 5) is 0. The van der Waals surface area contributed by atoms with E-state index in [0.29, 0.717) is 7.35 Å². The molecule has 0 aliphatic heterocycles. The fourth-order valence-electron chi connectivity index (χ4n) is 8.68. The zero-order valence-corrected chi connectivity index (χ0v) is 31.9.